The number of carbonyl (C=O) groups is 4. The van der Waals surface area contributed by atoms with Gasteiger partial charge in [-0.3, -0.25) is 14.4 Å². The molecule has 2 aliphatic heterocycles. The summed E-state index contributed by atoms with van der Waals surface area (Å²) in [5.74, 6) is -7.30. The molecule has 2 saturated heterocycles. The van der Waals surface area contributed by atoms with Gasteiger partial charge in [-0.05, 0) is 49.7 Å². The number of hydrogen-bond donors (Lipinski definition) is 13. The Morgan fingerprint density at radius 2 is 1.43 bits per heavy atom. The van der Waals surface area contributed by atoms with Crippen molar-refractivity contribution in [2.75, 3.05) is 27.4 Å². The summed E-state index contributed by atoms with van der Waals surface area (Å²) in [6, 6.07) is 1.78. The number of hydrogen-bond acceptors (Lipinski definition) is 20. The van der Waals surface area contributed by atoms with Gasteiger partial charge in [0.25, 0.3) is 5.91 Å². The summed E-state index contributed by atoms with van der Waals surface area (Å²) >= 11 is 0. The van der Waals surface area contributed by atoms with E-state index in [2.05, 4.69) is 10.6 Å². The summed E-state index contributed by atoms with van der Waals surface area (Å²) in [4.78, 5) is 53.5. The van der Waals surface area contributed by atoms with E-state index in [1.807, 2.05) is 0 Å². The second-order valence-electron chi connectivity index (χ2n) is 15.6. The highest BCUT2D eigenvalue weighted by molar-refractivity contribution is 6.31. The average Bonchev–Trinajstić information content (AvgIpc) is 3.24. The number of aromatic hydroxyl groups is 3. The van der Waals surface area contributed by atoms with E-state index >= 15 is 0 Å². The molecule has 2 fully saturated rings. The summed E-state index contributed by atoms with van der Waals surface area (Å²) < 4.78 is 29.0. The maximum absolute atomic E-state index is 14.1. The van der Waals surface area contributed by atoms with Crippen LogP contribution in [0.5, 0.6) is 23.0 Å². The molecule has 4 aliphatic rings. The third kappa shape index (κ3) is 7.46. The minimum absolute atomic E-state index is 0.0105. The highest BCUT2D eigenvalue weighted by Gasteiger charge is 2.52. The van der Waals surface area contributed by atoms with E-state index in [9.17, 15) is 75.3 Å². The van der Waals surface area contributed by atoms with Crippen molar-refractivity contribution in [3.05, 3.63) is 68.8 Å². The molecule has 13 atom stereocenters. The SMILES string of the molecule is CN[C@@H]1[C@H](O[C@@H]2O[C@H](CO)[C@@H](O)[C@H](O)[C@H]2O)[C@@H](O)[C@H](O[C@H]2c3cc(C)c(C(=O)N[C@H](CO)C(=O)O)c(O)c3-c3c(cc4c(c3O)C(=O)c3cc(OC)cc(O)c3C4=O)[C@@H]2O)O[C@@H]1C. The van der Waals surface area contributed by atoms with Gasteiger partial charge in [0.15, 0.2) is 30.2 Å². The van der Waals surface area contributed by atoms with E-state index < -0.39 is 167 Å². The van der Waals surface area contributed by atoms with E-state index in [4.69, 9.17) is 23.7 Å². The lowest BCUT2D eigenvalue weighted by Crippen LogP contribution is -2.66. The van der Waals surface area contributed by atoms with E-state index in [0.29, 0.717) is 0 Å². The summed E-state index contributed by atoms with van der Waals surface area (Å²) in [5.41, 5.74) is -4.00. The molecule has 0 aromatic heterocycles. The molecule has 1 amide bonds. The number of ketones is 2. The number of amides is 1. The molecule has 0 radical (unpaired) electrons. The Morgan fingerprint density at radius 1 is 0.794 bits per heavy atom. The first-order valence-corrected chi connectivity index (χ1v) is 19.5. The molecule has 0 saturated carbocycles. The van der Waals surface area contributed by atoms with Crippen molar-refractivity contribution >= 4 is 23.4 Å². The fourth-order valence-corrected chi connectivity index (χ4v) is 8.66. The molecule has 2 heterocycles. The van der Waals surface area contributed by atoms with Crippen molar-refractivity contribution in [2.45, 2.75) is 93.4 Å². The minimum Gasteiger partial charge on any atom is -0.507 e. The quantitative estimate of drug-likeness (QED) is 0.0754. The Kier molecular flexibility index (Phi) is 12.6. The molecule has 13 N–H and O–H groups in total. The number of rotatable bonds is 11. The molecular weight excluding hydrogens is 840 g/mol. The van der Waals surface area contributed by atoms with Gasteiger partial charge in [0.2, 0.25) is 0 Å². The number of fused-ring (bicyclic) bond motifs is 5. The normalized spacial score (nSPS) is 30.4. The molecule has 2 aliphatic carbocycles. The number of carbonyl (C=O) groups excluding carboxylic acids is 3. The predicted octanol–water partition coefficient (Wildman–Crippen LogP) is -2.28. The average molecular weight is 887 g/mol. The third-order valence-electron chi connectivity index (χ3n) is 11.9. The van der Waals surface area contributed by atoms with Gasteiger partial charge in [0.1, 0.15) is 71.8 Å². The number of ether oxygens (including phenoxy) is 5. The van der Waals surface area contributed by atoms with Crippen molar-refractivity contribution in [3.63, 3.8) is 0 Å². The smallest absolute Gasteiger partial charge is 0.328 e. The number of aliphatic hydroxyl groups excluding tert-OH is 7. The number of aliphatic hydroxyl groups is 7. The van der Waals surface area contributed by atoms with E-state index in [-0.39, 0.29) is 28.0 Å². The summed E-state index contributed by atoms with van der Waals surface area (Å²) in [7, 11) is 2.74. The van der Waals surface area contributed by atoms with E-state index in [0.717, 1.165) is 18.2 Å². The molecule has 0 spiro atoms. The van der Waals surface area contributed by atoms with Crippen LogP contribution in [0.4, 0.5) is 0 Å². The number of aliphatic carboxylic acids is 1. The van der Waals surface area contributed by atoms with Crippen molar-refractivity contribution in [1.82, 2.24) is 10.6 Å². The summed E-state index contributed by atoms with van der Waals surface area (Å²) in [6.45, 7) is 1.04. The van der Waals surface area contributed by atoms with Crippen molar-refractivity contribution in [2.24, 2.45) is 0 Å². The van der Waals surface area contributed by atoms with Crippen LogP contribution in [-0.4, -0.2) is 174 Å². The predicted molar refractivity (Wildman–Crippen MR) is 208 cm³/mol. The lowest BCUT2D eigenvalue weighted by atomic mass is 9.74. The largest absolute Gasteiger partial charge is 0.507 e. The van der Waals surface area contributed by atoms with Gasteiger partial charge in [-0.25, -0.2) is 4.79 Å². The first-order valence-electron chi connectivity index (χ1n) is 19.5. The molecule has 22 heteroatoms. The van der Waals surface area contributed by atoms with E-state index in [1.54, 1.807) is 6.92 Å². The van der Waals surface area contributed by atoms with Crippen LogP contribution < -0.4 is 15.4 Å². The Morgan fingerprint density at radius 3 is 2.05 bits per heavy atom. The van der Waals surface area contributed by atoms with Gasteiger partial charge >= 0.3 is 5.97 Å². The van der Waals surface area contributed by atoms with Crippen LogP contribution in [0.1, 0.15) is 78.0 Å². The fraction of sp³-hybridized carbons (Fsp3) is 0.463. The van der Waals surface area contributed by atoms with Crippen LogP contribution in [0.3, 0.4) is 0 Å². The van der Waals surface area contributed by atoms with Gasteiger partial charge in [0.05, 0.1) is 49.2 Å². The zero-order chi connectivity index (χ0) is 46.1. The number of phenolic OH excluding ortho intramolecular Hbond substituents is 3. The Bertz CT molecular complexity index is 2350. The zero-order valence-corrected chi connectivity index (χ0v) is 33.8. The molecule has 0 bridgehead atoms. The summed E-state index contributed by atoms with van der Waals surface area (Å²) in [6.07, 6.45) is -18.2. The Labute approximate surface area is 356 Å². The monoisotopic (exact) mass is 886 g/mol. The molecule has 3 aromatic carbocycles. The van der Waals surface area contributed by atoms with Crippen LogP contribution in [0, 0.1) is 6.92 Å². The van der Waals surface area contributed by atoms with Crippen LogP contribution >= 0.6 is 0 Å². The molecule has 22 nitrogen and oxygen atoms in total. The standard InChI is InChI=1S/C41H46N2O20/c1-11-5-17-24(31(51)21(11)38(56)43-18(9-44)39(57)58)23-15(8-16-25(32(23)52)28(48)14-6-13(59-4)7-19(46)22(14)27(16)47)29(49)36(17)62-41-35(55)37(26(42-3)12(2)60-41)63-40-34(54)33(53)30(50)20(10-45)61-40/h5-8,12,18,20,26,29-30,33-37,40-42,44-46,49-55H,9-10H2,1-4H3,(H,43,56)(H,57,58)/t12-,18-,20-,26+,29+,30-,33+,34-,35-,36+,37+,40+,41+/m1/s1. The number of phenols is 3. The van der Waals surface area contributed by atoms with Gasteiger partial charge in [-0.15, -0.1) is 0 Å². The Hall–Kier alpha value is -5.34. The number of aryl methyl sites for hydroxylation is 1. The molecular formula is C41H46N2O20. The van der Waals surface area contributed by atoms with Gasteiger partial charge < -0.3 is 90.5 Å². The highest BCUT2D eigenvalue weighted by Crippen LogP contribution is 2.57. The molecule has 3 aromatic rings. The first-order chi connectivity index (χ1) is 29.8. The van der Waals surface area contributed by atoms with Gasteiger partial charge in [-0.1, -0.05) is 6.07 Å². The number of carboxylic acid groups (broad SMARTS) is 1. The molecule has 63 heavy (non-hydrogen) atoms. The number of nitrogens with one attached hydrogen (secondary N) is 2. The highest BCUT2D eigenvalue weighted by atomic mass is 16.7. The van der Waals surface area contributed by atoms with Crippen LogP contribution in [-0.2, 0) is 23.7 Å². The van der Waals surface area contributed by atoms with Crippen molar-refractivity contribution in [1.29, 1.82) is 0 Å². The lowest BCUT2D eigenvalue weighted by molar-refractivity contribution is -0.351. The second-order valence-corrected chi connectivity index (χ2v) is 15.6. The fourth-order valence-electron chi connectivity index (χ4n) is 8.66. The van der Waals surface area contributed by atoms with E-state index in [1.165, 1.54) is 27.1 Å². The van der Waals surface area contributed by atoms with Crippen molar-refractivity contribution < 1.29 is 99.0 Å². The number of likely N-dealkylation sites (N-methyl/N-ethyl adjacent to an activating group) is 1. The van der Waals surface area contributed by atoms with Crippen LogP contribution in [0.15, 0.2) is 24.3 Å². The van der Waals surface area contributed by atoms with Crippen molar-refractivity contribution in [3.8, 4) is 34.1 Å². The third-order valence-corrected chi connectivity index (χ3v) is 11.9. The van der Waals surface area contributed by atoms with Gasteiger partial charge in [-0.2, -0.15) is 0 Å². The number of benzene rings is 3. The number of methoxy groups -OCH3 is 1. The summed E-state index contributed by atoms with van der Waals surface area (Å²) in [5, 5.41) is 124. The minimum atomic E-state index is -1.96. The first kappa shape index (κ1) is 45.7. The van der Waals surface area contributed by atoms with Crippen LogP contribution in [0.25, 0.3) is 11.1 Å². The Balaban J connectivity index is 1.36. The maximum Gasteiger partial charge on any atom is 0.328 e. The van der Waals surface area contributed by atoms with Crippen LogP contribution in [0.2, 0.25) is 0 Å². The lowest BCUT2D eigenvalue weighted by Gasteiger charge is -2.48. The zero-order valence-electron chi connectivity index (χ0n) is 33.8. The molecule has 0 unspecified atom stereocenters. The topological polar surface area (TPSA) is 361 Å². The second kappa shape index (κ2) is 17.3. The molecule has 340 valence electrons. The van der Waals surface area contributed by atoms with Gasteiger partial charge in [0, 0.05) is 28.3 Å². The maximum atomic E-state index is 14.1. The molecule has 7 rings (SSSR count). The number of carboxylic acids is 1.